The number of benzene rings is 8. The summed E-state index contributed by atoms with van der Waals surface area (Å²) in [7, 11) is 0. The molecule has 0 aliphatic carbocycles. The van der Waals surface area contributed by atoms with Crippen molar-refractivity contribution in [1.29, 1.82) is 0 Å². The molecule has 0 aliphatic rings. The van der Waals surface area contributed by atoms with E-state index in [1.165, 1.54) is 131 Å². The van der Waals surface area contributed by atoms with Crippen LogP contribution in [-0.4, -0.2) is 128 Å². The van der Waals surface area contributed by atoms with Crippen molar-refractivity contribution in [3.63, 3.8) is 0 Å². The first-order valence-electron chi connectivity index (χ1n) is 34.3. The zero-order chi connectivity index (χ0) is 93.7. The Morgan fingerprint density at radius 2 is 0.773 bits per heavy atom. The number of carboxylic acids is 8. The average Bonchev–Trinajstić information content (AvgIpc) is 1.62. The maximum absolute atomic E-state index is 13.1. The normalized spacial score (nSPS) is 10.3. The van der Waals surface area contributed by atoms with Crippen molar-refractivity contribution in [3.8, 4) is 88.1 Å². The molecule has 0 spiro atoms. The van der Waals surface area contributed by atoms with Gasteiger partial charge in [-0.2, -0.15) is 0 Å². The van der Waals surface area contributed by atoms with Gasteiger partial charge in [0.2, 0.25) is 10.6 Å². The second kappa shape index (κ2) is 45.0. The fraction of sp³-hybridized carbons (Fsp3) is 0. The first-order chi connectivity index (χ1) is 60.6. The third-order valence-corrected chi connectivity index (χ3v) is 21.5. The van der Waals surface area contributed by atoms with Crippen LogP contribution in [0, 0.1) is 73.3 Å². The molecule has 0 saturated carbocycles. The van der Waals surface area contributed by atoms with Gasteiger partial charge < -0.3 is 78.1 Å². The third-order valence-electron chi connectivity index (χ3n) is 15.9. The first kappa shape index (κ1) is 98.1. The molecule has 8 aromatic heterocycles. The minimum Gasteiger partial charge on any atom is -0.478 e. The van der Waals surface area contributed by atoms with E-state index in [0.717, 1.165) is 84.9 Å². The Kier molecular flexibility index (Phi) is 34.5. The molecule has 48 heteroatoms. The number of hydrogen-bond acceptors (Lipinski definition) is 26. The van der Waals surface area contributed by atoms with E-state index >= 15 is 0 Å². The Bertz CT molecular complexity index is 6320. The number of carboxylic acid groups (broad SMARTS) is 8. The lowest BCUT2D eigenvalue weighted by Gasteiger charge is -2.03. The Hall–Kier alpha value is -13.7. The number of aromatic carboxylic acids is 8. The summed E-state index contributed by atoms with van der Waals surface area (Å²) in [5.74, 6) is -12.7. The minimum atomic E-state index is -1.17. The molecule has 0 fully saturated rings. The predicted octanol–water partition coefficient (Wildman–Crippen LogP) is 23.9. The highest BCUT2D eigenvalue weighted by molar-refractivity contribution is 7.80. The van der Waals surface area contributed by atoms with Crippen molar-refractivity contribution in [3.05, 3.63) is 311 Å². The van der Waals surface area contributed by atoms with Crippen molar-refractivity contribution in [2.75, 3.05) is 0 Å². The molecular weight excluding hydrogens is 1930 g/mol. The number of thiazole rings is 3. The average molecular weight is 1980 g/mol. The van der Waals surface area contributed by atoms with Gasteiger partial charge in [-0.3, -0.25) is 0 Å². The topological polar surface area (TPSA) is 471 Å². The summed E-state index contributed by atoms with van der Waals surface area (Å²) in [5, 5.41) is 80.9. The monoisotopic (exact) mass is 1980 g/mol. The number of carbonyl (C=O) groups is 8. The number of hydrogen-bond donors (Lipinski definition) is 16. The van der Waals surface area contributed by atoms with Crippen LogP contribution in [-0.2, 0) is 0 Å². The lowest BCUT2D eigenvalue weighted by atomic mass is 10.0. The van der Waals surface area contributed by atoms with Gasteiger partial charge in [0, 0.05) is 74.2 Å². The molecule has 128 heavy (non-hydrogen) atoms. The zero-order valence-electron chi connectivity index (χ0n) is 62.8. The molecule has 8 heterocycles. The molecule has 0 radical (unpaired) electrons. The van der Waals surface area contributed by atoms with Gasteiger partial charge in [0.15, 0.2) is 24.5 Å². The second-order valence-electron chi connectivity index (χ2n) is 24.4. The third kappa shape index (κ3) is 27.2. The van der Waals surface area contributed by atoms with E-state index < -0.39 is 94.3 Å². The highest BCUT2D eigenvalue weighted by Crippen LogP contribution is 2.35. The summed E-state index contributed by atoms with van der Waals surface area (Å²) >= 11 is 41.7. The molecule has 0 saturated heterocycles. The second-order valence-corrected chi connectivity index (χ2v) is 31.9. The van der Waals surface area contributed by atoms with Crippen LogP contribution in [0.15, 0.2) is 221 Å². The molecule has 0 bridgehead atoms. The number of aromatic nitrogens is 8. The number of nitrogens with one attached hydrogen (secondary N) is 6. The highest BCUT2D eigenvalue weighted by atomic mass is 32.2. The maximum atomic E-state index is 13.1. The van der Waals surface area contributed by atoms with Crippen LogP contribution in [0.2, 0.25) is 0 Å². The van der Waals surface area contributed by atoms with Gasteiger partial charge in [-0.25, -0.2) is 93.8 Å². The summed E-state index contributed by atoms with van der Waals surface area (Å²) in [6.07, 6.45) is 4.28. The van der Waals surface area contributed by atoms with Gasteiger partial charge >= 0.3 is 47.8 Å². The summed E-state index contributed by atoms with van der Waals surface area (Å²) in [4.78, 5) is 105. The number of nitrogens with zero attached hydrogens (tertiary/aromatic N) is 2. The Labute approximate surface area is 766 Å². The maximum Gasteiger partial charge on any atom is 0.336 e. The number of rotatable bonds is 16. The predicted molar refractivity (Wildman–Crippen MR) is 472 cm³/mol. The van der Waals surface area contributed by atoms with Gasteiger partial charge in [0.05, 0.1) is 77.4 Å². The standard InChI is InChI=1S/4C10H6FNO3S.4C10H6FNO2S2/c11-5-1-2-6(10(13)14)7(3-5)9-12-4-8(16)15-9;11-5-1-2-6(9(13)14)7(3-5)8-4-12-10(16)15-8;11-5-1-2-6(10(13)14)7(3-5)8-4-9(16)12-15-8;11-5-1-2-6(10(13)14)7(3-5)8-4-9(16)15-12-8;11-5-1-2-6(10(13)14)7(3-5)9-12-8(15)4-16-9;11-5-1-2-6(9(13)14)7(3-5)8-4-16-10(15)12-8;11-5-1-2-6(9(13)14)7(3-5)8-4-12-10(15)16-8;11-5-1-2-6(10(13)14)7(3-5)8-4-9(15)12-16-8/h1-4,16H,(H,13,14);2*1-4H,(H,12,16)(H,13,14);1-4,12H,(H,13,14);1-4,15H,(H,13,14);3*1-4H,(H,12,15)(H,13,14). The van der Waals surface area contributed by atoms with Crippen molar-refractivity contribution >= 4 is 192 Å². The first-order valence-corrected chi connectivity index (χ1v) is 41.0. The van der Waals surface area contributed by atoms with E-state index in [4.69, 9.17) is 132 Å². The molecule has 656 valence electrons. The molecule has 14 N–H and O–H groups in total. The van der Waals surface area contributed by atoms with E-state index in [-0.39, 0.29) is 104 Å². The van der Waals surface area contributed by atoms with Crippen molar-refractivity contribution in [2.45, 2.75) is 10.1 Å². The minimum absolute atomic E-state index is 0.0200. The van der Waals surface area contributed by atoms with Gasteiger partial charge in [0.25, 0.3) is 4.84 Å². The van der Waals surface area contributed by atoms with Gasteiger partial charge in [-0.1, -0.05) is 36.0 Å². The van der Waals surface area contributed by atoms with E-state index in [9.17, 15) is 73.5 Å². The highest BCUT2D eigenvalue weighted by Gasteiger charge is 2.23. The molecule has 0 atom stereocenters. The molecule has 8 aromatic carbocycles. The Balaban J connectivity index is 0.000000165. The summed E-state index contributed by atoms with van der Waals surface area (Å²) in [6.45, 7) is 0. The zero-order valence-corrected chi connectivity index (χ0v) is 72.8. The number of thiol groups is 2. The van der Waals surface area contributed by atoms with Crippen molar-refractivity contribution < 1.29 is 132 Å². The SMILES string of the molecule is O=C(O)c1ccc(F)cc1-c1c[nH]c(=S)o1.O=C(O)c1ccc(F)cc1-c1c[nH]c(=S)s1.O=C(O)c1ccc(F)cc1-c1cc(=S)[nH]o1.O=C(O)c1ccc(F)cc1-c1cc(=S)[nH]s1.O=C(O)c1ccc(F)cc1-c1cc(=S)o[nH]1.O=C(O)c1ccc(F)cc1-c1csc(=S)[nH]1.O=C(O)c1ccc(F)cc1-c1nc(S)cs1.O=C(O)c1ccc(F)cc1-c1ncc(S)o1. The smallest absolute Gasteiger partial charge is 0.336 e. The lowest BCUT2D eigenvalue weighted by molar-refractivity contribution is 0.0686. The van der Waals surface area contributed by atoms with Gasteiger partial charge in [-0.15, -0.1) is 59.3 Å². The Morgan fingerprint density at radius 1 is 0.375 bits per heavy atom. The van der Waals surface area contributed by atoms with Crippen LogP contribution in [0.5, 0.6) is 0 Å². The van der Waals surface area contributed by atoms with E-state index in [1.807, 2.05) is 0 Å². The summed E-state index contributed by atoms with van der Waals surface area (Å²) < 4.78 is 129. The molecule has 0 aliphatic heterocycles. The van der Waals surface area contributed by atoms with Crippen molar-refractivity contribution in [1.82, 2.24) is 39.6 Å². The Morgan fingerprint density at radius 3 is 1.12 bits per heavy atom. The van der Waals surface area contributed by atoms with Crippen molar-refractivity contribution in [2.24, 2.45) is 0 Å². The molecule has 0 amide bonds. The fourth-order valence-electron chi connectivity index (χ4n) is 10.5. The summed E-state index contributed by atoms with van der Waals surface area (Å²) in [5.41, 5.74) is 2.73. The number of halogens is 8. The lowest BCUT2D eigenvalue weighted by Crippen LogP contribution is -2.00. The molecule has 28 nitrogen and oxygen atoms in total. The largest absolute Gasteiger partial charge is 0.478 e. The molecular formula is C80H48F8N8O20S12. The number of H-pyrrole nitrogens is 6. The van der Waals surface area contributed by atoms with E-state index in [0.29, 0.717) is 65.1 Å². The van der Waals surface area contributed by atoms with Crippen LogP contribution in [0.1, 0.15) is 82.9 Å². The van der Waals surface area contributed by atoms with Gasteiger partial charge in [0.1, 0.15) is 65.9 Å². The molecule has 16 rings (SSSR count). The summed E-state index contributed by atoms with van der Waals surface area (Å²) in [6, 6.07) is 32.0. The molecule has 0 unspecified atom stereocenters. The number of aromatic amines is 6. The van der Waals surface area contributed by atoms with Crippen LogP contribution < -0.4 is 0 Å². The fourth-order valence-corrected chi connectivity index (χ4v) is 15.1. The number of oxazole rings is 2. The van der Waals surface area contributed by atoms with E-state index in [2.05, 4.69) is 64.9 Å². The van der Waals surface area contributed by atoms with Crippen LogP contribution >= 0.6 is 144 Å². The van der Waals surface area contributed by atoms with Crippen LogP contribution in [0.3, 0.4) is 0 Å². The van der Waals surface area contributed by atoms with Crippen LogP contribution in [0.25, 0.3) is 88.1 Å². The van der Waals surface area contributed by atoms with E-state index in [1.54, 1.807) is 23.0 Å². The van der Waals surface area contributed by atoms with Crippen LogP contribution in [0.4, 0.5) is 35.1 Å². The van der Waals surface area contributed by atoms with Gasteiger partial charge in [-0.05, 0) is 201 Å². The molecule has 16 aromatic rings. The quantitative estimate of drug-likeness (QED) is 0.0243.